The lowest BCUT2D eigenvalue weighted by molar-refractivity contribution is 0.101. The smallest absolute Gasteiger partial charge is 0.273 e. The van der Waals surface area contributed by atoms with Crippen LogP contribution in [0, 0.1) is 13.8 Å². The monoisotopic (exact) mass is 323 g/mol. The number of benzene rings is 1. The first-order chi connectivity index (χ1) is 11.6. The van der Waals surface area contributed by atoms with Crippen molar-refractivity contribution in [2.24, 2.45) is 0 Å². The minimum Gasteiger partial charge on any atom is -0.321 e. The molecule has 1 aromatic carbocycles. The summed E-state index contributed by atoms with van der Waals surface area (Å²) in [5, 5.41) is 11.5. The molecule has 6 heteroatoms. The fourth-order valence-corrected chi connectivity index (χ4v) is 2.73. The van der Waals surface area contributed by atoms with Crippen molar-refractivity contribution in [3.63, 3.8) is 0 Å². The molecule has 3 aromatic rings. The summed E-state index contributed by atoms with van der Waals surface area (Å²) in [6.45, 7) is 7.32. The summed E-state index contributed by atoms with van der Waals surface area (Å²) < 4.78 is 3.64. The van der Waals surface area contributed by atoms with Crippen molar-refractivity contribution >= 4 is 11.6 Å². The molecule has 0 atom stereocenters. The minimum atomic E-state index is -0.155. The van der Waals surface area contributed by atoms with Gasteiger partial charge in [0.15, 0.2) is 0 Å². The number of aryl methyl sites for hydroxylation is 3. The van der Waals surface area contributed by atoms with Gasteiger partial charge in [-0.25, -0.2) is 0 Å². The Balaban J connectivity index is 1.76. The van der Waals surface area contributed by atoms with E-state index in [1.807, 2.05) is 49.7 Å². The normalized spacial score (nSPS) is 10.8. The Kier molecular flexibility index (Phi) is 4.46. The first kappa shape index (κ1) is 16.0. The Labute approximate surface area is 141 Å². The van der Waals surface area contributed by atoms with E-state index in [2.05, 4.69) is 21.6 Å². The van der Waals surface area contributed by atoms with Crippen molar-refractivity contribution in [1.29, 1.82) is 0 Å². The highest BCUT2D eigenvalue weighted by molar-refractivity contribution is 6.03. The van der Waals surface area contributed by atoms with Crippen LogP contribution in [0.2, 0.25) is 0 Å². The Morgan fingerprint density at radius 3 is 2.71 bits per heavy atom. The van der Waals surface area contributed by atoms with Crippen LogP contribution in [-0.4, -0.2) is 25.5 Å². The number of anilines is 1. The van der Waals surface area contributed by atoms with Crippen molar-refractivity contribution in [2.45, 2.75) is 33.9 Å². The van der Waals surface area contributed by atoms with E-state index in [9.17, 15) is 4.79 Å². The molecular weight excluding hydrogens is 302 g/mol. The van der Waals surface area contributed by atoms with Crippen LogP contribution in [-0.2, 0) is 13.1 Å². The van der Waals surface area contributed by atoms with Crippen molar-refractivity contribution < 1.29 is 4.79 Å². The number of amides is 1. The molecule has 0 spiro atoms. The molecule has 24 heavy (non-hydrogen) atoms. The molecule has 1 amide bonds. The van der Waals surface area contributed by atoms with Crippen LogP contribution in [0.1, 0.15) is 34.4 Å². The standard InChI is InChI=1S/C18H21N5O/c1-4-22-17(8-9-19-22)18(24)20-16-7-5-6-15(11-16)12-23-14(3)10-13(2)21-23/h5-11H,4,12H2,1-3H3,(H,20,24). The molecule has 0 bridgehead atoms. The van der Waals surface area contributed by atoms with Gasteiger partial charge in [-0.05, 0) is 50.6 Å². The fraction of sp³-hybridized carbons (Fsp3) is 0.278. The average Bonchev–Trinajstić information content (AvgIpc) is 3.14. The van der Waals surface area contributed by atoms with E-state index in [4.69, 9.17) is 0 Å². The van der Waals surface area contributed by atoms with Crippen LogP contribution in [0.5, 0.6) is 0 Å². The fourth-order valence-electron chi connectivity index (χ4n) is 2.73. The zero-order valence-corrected chi connectivity index (χ0v) is 14.2. The third-order valence-corrected chi connectivity index (χ3v) is 3.87. The quantitative estimate of drug-likeness (QED) is 0.785. The average molecular weight is 323 g/mol. The Morgan fingerprint density at radius 2 is 2.00 bits per heavy atom. The number of aromatic nitrogens is 4. The van der Waals surface area contributed by atoms with Gasteiger partial charge < -0.3 is 5.32 Å². The van der Waals surface area contributed by atoms with Crippen LogP contribution < -0.4 is 5.32 Å². The molecular formula is C18H21N5O. The predicted molar refractivity (Wildman–Crippen MR) is 93.1 cm³/mol. The molecule has 124 valence electrons. The van der Waals surface area contributed by atoms with Gasteiger partial charge in [0.2, 0.25) is 0 Å². The van der Waals surface area contributed by atoms with E-state index in [1.54, 1.807) is 16.9 Å². The number of hydrogen-bond donors (Lipinski definition) is 1. The Hall–Kier alpha value is -2.89. The predicted octanol–water partition coefficient (Wildman–Crippen LogP) is 3.02. The van der Waals surface area contributed by atoms with Crippen molar-refractivity contribution in [2.75, 3.05) is 5.32 Å². The number of nitrogens with zero attached hydrogens (tertiary/aromatic N) is 4. The van der Waals surface area contributed by atoms with E-state index >= 15 is 0 Å². The second kappa shape index (κ2) is 6.70. The summed E-state index contributed by atoms with van der Waals surface area (Å²) in [5.74, 6) is -0.155. The molecule has 0 saturated carbocycles. The molecule has 2 aromatic heterocycles. The summed E-state index contributed by atoms with van der Waals surface area (Å²) in [5.41, 5.74) is 4.53. The van der Waals surface area contributed by atoms with E-state index in [0.29, 0.717) is 18.8 Å². The van der Waals surface area contributed by atoms with Crippen LogP contribution in [0.4, 0.5) is 5.69 Å². The Bertz CT molecular complexity index is 862. The molecule has 1 N–H and O–H groups in total. The molecule has 2 heterocycles. The van der Waals surface area contributed by atoms with Crippen LogP contribution in [0.15, 0.2) is 42.6 Å². The SMILES string of the molecule is CCn1nccc1C(=O)Nc1cccc(Cn2nc(C)cc2C)c1. The van der Waals surface area contributed by atoms with Gasteiger partial charge in [-0.1, -0.05) is 12.1 Å². The van der Waals surface area contributed by atoms with Gasteiger partial charge >= 0.3 is 0 Å². The first-order valence-corrected chi connectivity index (χ1v) is 8.00. The largest absolute Gasteiger partial charge is 0.321 e. The highest BCUT2D eigenvalue weighted by atomic mass is 16.2. The molecule has 0 radical (unpaired) electrons. The second-order valence-corrected chi connectivity index (χ2v) is 5.77. The van der Waals surface area contributed by atoms with E-state index in [0.717, 1.165) is 22.6 Å². The topological polar surface area (TPSA) is 64.7 Å². The van der Waals surface area contributed by atoms with Crippen molar-refractivity contribution in [3.05, 3.63) is 65.2 Å². The lowest BCUT2D eigenvalue weighted by Gasteiger charge is -2.09. The lowest BCUT2D eigenvalue weighted by atomic mass is 10.2. The number of carbonyl (C=O) groups is 1. The van der Waals surface area contributed by atoms with Crippen molar-refractivity contribution in [1.82, 2.24) is 19.6 Å². The van der Waals surface area contributed by atoms with Crippen LogP contribution in [0.25, 0.3) is 0 Å². The van der Waals surface area contributed by atoms with Gasteiger partial charge in [0.1, 0.15) is 5.69 Å². The lowest BCUT2D eigenvalue weighted by Crippen LogP contribution is -2.17. The van der Waals surface area contributed by atoms with Crippen LogP contribution in [0.3, 0.4) is 0 Å². The molecule has 0 fully saturated rings. The summed E-state index contributed by atoms with van der Waals surface area (Å²) in [4.78, 5) is 12.4. The summed E-state index contributed by atoms with van der Waals surface area (Å²) >= 11 is 0. The maximum absolute atomic E-state index is 12.4. The maximum Gasteiger partial charge on any atom is 0.273 e. The first-order valence-electron chi connectivity index (χ1n) is 8.00. The van der Waals surface area contributed by atoms with E-state index in [-0.39, 0.29) is 5.91 Å². The van der Waals surface area contributed by atoms with Gasteiger partial charge in [0.25, 0.3) is 5.91 Å². The van der Waals surface area contributed by atoms with Crippen molar-refractivity contribution in [3.8, 4) is 0 Å². The summed E-state index contributed by atoms with van der Waals surface area (Å²) in [7, 11) is 0. The third kappa shape index (κ3) is 3.37. The van der Waals surface area contributed by atoms with Gasteiger partial charge in [0.05, 0.1) is 12.2 Å². The number of nitrogens with one attached hydrogen (secondary N) is 1. The second-order valence-electron chi connectivity index (χ2n) is 5.77. The van der Waals surface area contributed by atoms with Gasteiger partial charge in [-0.3, -0.25) is 14.2 Å². The Morgan fingerprint density at radius 1 is 1.17 bits per heavy atom. The van der Waals surface area contributed by atoms with Gasteiger partial charge in [0, 0.05) is 24.1 Å². The molecule has 0 saturated heterocycles. The highest BCUT2D eigenvalue weighted by Crippen LogP contribution is 2.14. The maximum atomic E-state index is 12.4. The molecule has 0 aliphatic carbocycles. The molecule has 3 rings (SSSR count). The molecule has 0 aliphatic rings. The third-order valence-electron chi connectivity index (χ3n) is 3.87. The number of carbonyl (C=O) groups excluding carboxylic acids is 1. The molecule has 0 unspecified atom stereocenters. The molecule has 6 nitrogen and oxygen atoms in total. The van der Waals surface area contributed by atoms with E-state index in [1.165, 1.54) is 0 Å². The summed E-state index contributed by atoms with van der Waals surface area (Å²) in [6.07, 6.45) is 1.64. The van der Waals surface area contributed by atoms with Crippen LogP contribution >= 0.6 is 0 Å². The van der Waals surface area contributed by atoms with Gasteiger partial charge in [-0.15, -0.1) is 0 Å². The molecule has 0 aliphatic heterocycles. The zero-order valence-electron chi connectivity index (χ0n) is 14.2. The highest BCUT2D eigenvalue weighted by Gasteiger charge is 2.11. The zero-order chi connectivity index (χ0) is 17.1. The van der Waals surface area contributed by atoms with E-state index < -0.39 is 0 Å². The minimum absolute atomic E-state index is 0.155. The number of rotatable bonds is 5. The number of hydrogen-bond acceptors (Lipinski definition) is 3. The van der Waals surface area contributed by atoms with Gasteiger partial charge in [-0.2, -0.15) is 10.2 Å². The summed E-state index contributed by atoms with van der Waals surface area (Å²) in [6, 6.07) is 11.6.